The lowest BCUT2D eigenvalue weighted by molar-refractivity contribution is 0.0940. The van der Waals surface area contributed by atoms with Gasteiger partial charge in [0.2, 0.25) is 0 Å². The Kier molecular flexibility index (Phi) is 4.63. The number of rotatable bonds is 4. The average molecular weight is 398 g/mol. The molecule has 7 heteroatoms. The molecule has 0 atom stereocenters. The molecule has 1 fully saturated rings. The van der Waals surface area contributed by atoms with Crippen LogP contribution in [-0.2, 0) is 0 Å². The van der Waals surface area contributed by atoms with Gasteiger partial charge in [-0.3, -0.25) is 4.79 Å². The number of nitrogens with two attached hydrogens (primary N) is 1. The maximum atomic E-state index is 13.1. The molecule has 150 valence electrons. The van der Waals surface area contributed by atoms with Gasteiger partial charge in [0.05, 0.1) is 17.2 Å². The number of nitrogen functional groups attached to an aromatic ring is 1. The molecule has 3 N–H and O–H groups in total. The SMILES string of the molecule is Nc1c(C(=O)NC2CCCC2)c2nc3ccccc3nc2n1/N=C/c1ccccc1. The zero-order valence-electron chi connectivity index (χ0n) is 16.5. The van der Waals surface area contributed by atoms with Gasteiger partial charge in [0.15, 0.2) is 5.65 Å². The number of anilines is 1. The van der Waals surface area contributed by atoms with E-state index in [4.69, 9.17) is 15.7 Å². The molecular weight excluding hydrogens is 376 g/mol. The number of amides is 1. The van der Waals surface area contributed by atoms with Crippen molar-refractivity contribution in [3.05, 3.63) is 65.7 Å². The second-order valence-electron chi connectivity index (χ2n) is 7.57. The van der Waals surface area contributed by atoms with E-state index in [0.717, 1.165) is 36.8 Å². The Hall–Kier alpha value is -3.74. The van der Waals surface area contributed by atoms with E-state index in [2.05, 4.69) is 10.4 Å². The molecule has 5 rings (SSSR count). The molecule has 1 amide bonds. The molecule has 4 aromatic rings. The Labute approximate surface area is 173 Å². The summed E-state index contributed by atoms with van der Waals surface area (Å²) in [6.07, 6.45) is 5.95. The van der Waals surface area contributed by atoms with Crippen molar-refractivity contribution in [3.63, 3.8) is 0 Å². The van der Waals surface area contributed by atoms with Crippen molar-refractivity contribution in [2.75, 3.05) is 5.73 Å². The van der Waals surface area contributed by atoms with Gasteiger partial charge >= 0.3 is 0 Å². The van der Waals surface area contributed by atoms with Crippen molar-refractivity contribution in [1.82, 2.24) is 20.0 Å². The maximum Gasteiger partial charge on any atom is 0.257 e. The molecule has 1 aliphatic carbocycles. The summed E-state index contributed by atoms with van der Waals surface area (Å²) < 4.78 is 1.51. The van der Waals surface area contributed by atoms with Crippen molar-refractivity contribution in [2.45, 2.75) is 31.7 Å². The topological polar surface area (TPSA) is 98.2 Å². The monoisotopic (exact) mass is 398 g/mol. The molecule has 0 bridgehead atoms. The lowest BCUT2D eigenvalue weighted by atomic mass is 10.2. The standard InChI is InChI=1S/C23H22N6O/c24-21-19(23(30)26-16-10-4-5-11-16)20-22(28-18-13-7-6-12-17(18)27-20)29(21)25-14-15-8-2-1-3-9-15/h1-3,6-9,12-14,16H,4-5,10-11,24H2,(H,26,30)/b25-14+. The number of carbonyl (C=O) groups is 1. The van der Waals surface area contributed by atoms with Crippen LogP contribution in [0.25, 0.3) is 22.2 Å². The molecule has 2 heterocycles. The third-order valence-electron chi connectivity index (χ3n) is 5.51. The molecule has 30 heavy (non-hydrogen) atoms. The molecule has 1 saturated carbocycles. The van der Waals surface area contributed by atoms with Gasteiger partial charge in [-0.1, -0.05) is 55.3 Å². The van der Waals surface area contributed by atoms with Crippen LogP contribution in [0.5, 0.6) is 0 Å². The van der Waals surface area contributed by atoms with Crippen molar-refractivity contribution in [1.29, 1.82) is 0 Å². The minimum Gasteiger partial charge on any atom is -0.383 e. The summed E-state index contributed by atoms with van der Waals surface area (Å²) in [4.78, 5) is 22.6. The van der Waals surface area contributed by atoms with Crippen LogP contribution in [-0.4, -0.2) is 32.8 Å². The van der Waals surface area contributed by atoms with Crippen LogP contribution in [0.2, 0.25) is 0 Å². The van der Waals surface area contributed by atoms with Crippen LogP contribution < -0.4 is 11.1 Å². The number of nitrogens with one attached hydrogen (secondary N) is 1. The minimum absolute atomic E-state index is 0.177. The second kappa shape index (κ2) is 7.59. The summed E-state index contributed by atoms with van der Waals surface area (Å²) in [6.45, 7) is 0. The van der Waals surface area contributed by atoms with E-state index in [9.17, 15) is 4.79 Å². The van der Waals surface area contributed by atoms with Gasteiger partial charge in [0.25, 0.3) is 5.91 Å². The van der Waals surface area contributed by atoms with E-state index in [1.54, 1.807) is 6.21 Å². The van der Waals surface area contributed by atoms with Gasteiger partial charge in [0, 0.05) is 6.04 Å². The predicted molar refractivity (Wildman–Crippen MR) is 119 cm³/mol. The molecule has 2 aromatic heterocycles. The quantitative estimate of drug-likeness (QED) is 0.512. The Balaban J connectivity index is 1.66. The summed E-state index contributed by atoms with van der Waals surface area (Å²) in [5.74, 6) is 0.0191. The van der Waals surface area contributed by atoms with E-state index < -0.39 is 0 Å². The highest BCUT2D eigenvalue weighted by Gasteiger charge is 2.26. The highest BCUT2D eigenvalue weighted by molar-refractivity contribution is 6.10. The van der Waals surface area contributed by atoms with E-state index in [1.807, 2.05) is 54.6 Å². The summed E-state index contributed by atoms with van der Waals surface area (Å²) in [5, 5.41) is 7.64. The zero-order valence-corrected chi connectivity index (χ0v) is 16.5. The highest BCUT2D eigenvalue weighted by Crippen LogP contribution is 2.28. The molecule has 0 aliphatic heterocycles. The lowest BCUT2D eigenvalue weighted by Gasteiger charge is -2.11. The number of fused-ring (bicyclic) bond motifs is 2. The van der Waals surface area contributed by atoms with Gasteiger partial charge in [-0.2, -0.15) is 9.78 Å². The normalized spacial score (nSPS) is 14.8. The fraction of sp³-hybridized carbons (Fsp3) is 0.217. The maximum absolute atomic E-state index is 13.1. The number of hydrogen-bond donors (Lipinski definition) is 2. The number of para-hydroxylation sites is 2. The van der Waals surface area contributed by atoms with Crippen LogP contribution in [0.4, 0.5) is 5.82 Å². The second-order valence-corrected chi connectivity index (χ2v) is 7.57. The number of nitrogens with zero attached hydrogens (tertiary/aromatic N) is 4. The molecule has 0 radical (unpaired) electrons. The van der Waals surface area contributed by atoms with E-state index in [0.29, 0.717) is 22.2 Å². The lowest BCUT2D eigenvalue weighted by Crippen LogP contribution is -2.33. The Morgan fingerprint density at radius 2 is 1.70 bits per heavy atom. The molecule has 0 unspecified atom stereocenters. The van der Waals surface area contributed by atoms with Gasteiger partial charge in [-0.25, -0.2) is 9.97 Å². The van der Waals surface area contributed by atoms with Gasteiger partial charge in [-0.05, 0) is 30.5 Å². The molecule has 7 nitrogen and oxygen atoms in total. The Morgan fingerprint density at radius 3 is 2.43 bits per heavy atom. The molecule has 0 spiro atoms. The van der Waals surface area contributed by atoms with Crippen molar-refractivity contribution < 1.29 is 4.79 Å². The van der Waals surface area contributed by atoms with Gasteiger partial charge in [-0.15, -0.1) is 0 Å². The van der Waals surface area contributed by atoms with Crippen LogP contribution in [0.1, 0.15) is 41.6 Å². The van der Waals surface area contributed by atoms with E-state index in [-0.39, 0.29) is 17.8 Å². The van der Waals surface area contributed by atoms with Crippen molar-refractivity contribution in [2.24, 2.45) is 5.10 Å². The molecule has 1 aliphatic rings. The molecular formula is C23H22N6O. The van der Waals surface area contributed by atoms with Gasteiger partial charge in [0.1, 0.15) is 16.9 Å². The summed E-state index contributed by atoms with van der Waals surface area (Å²) in [6, 6.07) is 17.4. The summed E-state index contributed by atoms with van der Waals surface area (Å²) in [7, 11) is 0. The first-order valence-electron chi connectivity index (χ1n) is 10.2. The van der Waals surface area contributed by atoms with Crippen LogP contribution >= 0.6 is 0 Å². The first-order chi connectivity index (χ1) is 14.7. The highest BCUT2D eigenvalue weighted by atomic mass is 16.1. The number of hydrogen-bond acceptors (Lipinski definition) is 5. The first kappa shape index (κ1) is 18.3. The Bertz CT molecular complexity index is 1260. The van der Waals surface area contributed by atoms with Crippen molar-refractivity contribution >= 4 is 40.1 Å². The van der Waals surface area contributed by atoms with Crippen LogP contribution in [0.3, 0.4) is 0 Å². The molecule has 0 saturated heterocycles. The number of carbonyl (C=O) groups excluding carboxylic acids is 1. The number of benzene rings is 2. The summed E-state index contributed by atoms with van der Waals surface area (Å²) >= 11 is 0. The fourth-order valence-corrected chi connectivity index (χ4v) is 3.98. The zero-order chi connectivity index (χ0) is 20.5. The van der Waals surface area contributed by atoms with Crippen LogP contribution in [0, 0.1) is 0 Å². The average Bonchev–Trinajstić information content (AvgIpc) is 3.36. The van der Waals surface area contributed by atoms with E-state index in [1.165, 1.54) is 4.68 Å². The minimum atomic E-state index is -0.220. The van der Waals surface area contributed by atoms with E-state index >= 15 is 0 Å². The number of aromatic nitrogens is 3. The fourth-order valence-electron chi connectivity index (χ4n) is 3.98. The first-order valence-corrected chi connectivity index (χ1v) is 10.2. The van der Waals surface area contributed by atoms with Crippen molar-refractivity contribution in [3.8, 4) is 0 Å². The van der Waals surface area contributed by atoms with Gasteiger partial charge < -0.3 is 11.1 Å². The van der Waals surface area contributed by atoms with Crippen LogP contribution in [0.15, 0.2) is 59.7 Å². The largest absolute Gasteiger partial charge is 0.383 e. The third-order valence-corrected chi connectivity index (χ3v) is 5.51. The Morgan fingerprint density at radius 1 is 1.03 bits per heavy atom. The summed E-state index contributed by atoms with van der Waals surface area (Å²) in [5.41, 5.74) is 10.0. The predicted octanol–water partition coefficient (Wildman–Crippen LogP) is 3.72. The smallest absolute Gasteiger partial charge is 0.257 e. The third kappa shape index (κ3) is 3.28. The molecule has 2 aromatic carbocycles.